The highest BCUT2D eigenvalue weighted by molar-refractivity contribution is 5.94. The summed E-state index contributed by atoms with van der Waals surface area (Å²) in [6.07, 6.45) is -0.359. The van der Waals surface area contributed by atoms with Crippen LogP contribution in [0.4, 0.5) is 0 Å². The number of nitrogens with one attached hydrogen (secondary N) is 3. The molecule has 0 bridgehead atoms. The van der Waals surface area contributed by atoms with Crippen LogP contribution < -0.4 is 21.7 Å². The molecule has 0 saturated carbocycles. The van der Waals surface area contributed by atoms with Crippen LogP contribution in [0.5, 0.6) is 5.75 Å². The number of carbonyl (C=O) groups is 5. The number of phenolic OH excluding ortho intramolecular Hbond substituents is 1. The first-order chi connectivity index (χ1) is 16.3. The van der Waals surface area contributed by atoms with Gasteiger partial charge in [0, 0.05) is 12.8 Å². The van der Waals surface area contributed by atoms with E-state index in [1.54, 1.807) is 6.92 Å². The van der Waals surface area contributed by atoms with Crippen LogP contribution in [0.2, 0.25) is 0 Å². The van der Waals surface area contributed by atoms with E-state index in [2.05, 4.69) is 16.0 Å². The quantitative estimate of drug-likeness (QED) is 0.181. The highest BCUT2D eigenvalue weighted by atomic mass is 16.4. The van der Waals surface area contributed by atoms with Gasteiger partial charge in [-0.15, -0.1) is 0 Å². The second kappa shape index (κ2) is 13.9. The molecule has 194 valence electrons. The van der Waals surface area contributed by atoms with E-state index in [1.165, 1.54) is 31.2 Å². The normalized spacial score (nSPS) is 15.1. The zero-order chi connectivity index (χ0) is 26.7. The Kier molecular flexibility index (Phi) is 11.7. The topological polar surface area (TPSA) is 208 Å². The van der Waals surface area contributed by atoms with Crippen molar-refractivity contribution in [2.75, 3.05) is 0 Å². The van der Waals surface area contributed by atoms with E-state index < -0.39 is 60.2 Å². The van der Waals surface area contributed by atoms with Crippen molar-refractivity contribution >= 4 is 29.7 Å². The van der Waals surface area contributed by atoms with Crippen molar-refractivity contribution in [1.82, 2.24) is 16.0 Å². The van der Waals surface area contributed by atoms with E-state index in [0.29, 0.717) is 12.0 Å². The zero-order valence-electron chi connectivity index (χ0n) is 20.0. The molecule has 0 fully saturated rings. The van der Waals surface area contributed by atoms with Crippen molar-refractivity contribution in [2.45, 2.75) is 70.6 Å². The standard InChI is InChI=1S/C23H34N4O8/c1-4-12(2)19(27-20(31)13(3)24)22(33)26-17(11-14-5-7-15(28)8-6-14)21(32)25-16(23(34)35)9-10-18(29)30/h5-8,12-13,16-17,19,28H,4,9-11,24H2,1-3H3,(H,25,32)(H,26,33)(H,27,31)(H,29,30)(H,34,35). The summed E-state index contributed by atoms with van der Waals surface area (Å²) in [5.41, 5.74) is 6.15. The van der Waals surface area contributed by atoms with Crippen molar-refractivity contribution in [1.29, 1.82) is 0 Å². The Morgan fingerprint density at radius 2 is 1.46 bits per heavy atom. The van der Waals surface area contributed by atoms with Gasteiger partial charge in [0.25, 0.3) is 0 Å². The van der Waals surface area contributed by atoms with E-state index in [0.717, 1.165) is 0 Å². The van der Waals surface area contributed by atoms with E-state index in [4.69, 9.17) is 10.8 Å². The van der Waals surface area contributed by atoms with Gasteiger partial charge in [-0.3, -0.25) is 19.2 Å². The number of carbonyl (C=O) groups excluding carboxylic acids is 3. The molecular formula is C23H34N4O8. The number of aliphatic carboxylic acids is 2. The maximum atomic E-state index is 13.1. The first-order valence-corrected chi connectivity index (χ1v) is 11.2. The van der Waals surface area contributed by atoms with Crippen LogP contribution in [0.1, 0.15) is 45.6 Å². The Morgan fingerprint density at radius 1 is 0.886 bits per heavy atom. The summed E-state index contributed by atoms with van der Waals surface area (Å²) in [6, 6.07) is 1.24. The number of rotatable bonds is 14. The van der Waals surface area contributed by atoms with Crippen LogP contribution in [-0.2, 0) is 30.4 Å². The van der Waals surface area contributed by atoms with E-state index in [9.17, 15) is 34.2 Å². The number of carboxylic acid groups (broad SMARTS) is 2. The molecule has 0 saturated heterocycles. The van der Waals surface area contributed by atoms with Gasteiger partial charge in [-0.2, -0.15) is 0 Å². The molecule has 5 atom stereocenters. The first kappa shape index (κ1) is 29.4. The minimum Gasteiger partial charge on any atom is -0.508 e. The Hall–Kier alpha value is -3.67. The lowest BCUT2D eigenvalue weighted by Crippen LogP contribution is -2.58. The fourth-order valence-electron chi connectivity index (χ4n) is 3.12. The molecule has 0 aliphatic carbocycles. The van der Waals surface area contributed by atoms with Gasteiger partial charge in [0.15, 0.2) is 0 Å². The SMILES string of the molecule is CCC(C)C(NC(=O)C(C)N)C(=O)NC(Cc1ccc(O)cc1)C(=O)NC(CCC(=O)O)C(=O)O. The number of carboxylic acids is 2. The summed E-state index contributed by atoms with van der Waals surface area (Å²) < 4.78 is 0. The fraction of sp³-hybridized carbons (Fsp3) is 0.522. The van der Waals surface area contributed by atoms with Crippen molar-refractivity contribution in [2.24, 2.45) is 11.7 Å². The van der Waals surface area contributed by atoms with Gasteiger partial charge >= 0.3 is 11.9 Å². The number of nitrogens with two attached hydrogens (primary N) is 1. The molecule has 8 N–H and O–H groups in total. The maximum Gasteiger partial charge on any atom is 0.326 e. The van der Waals surface area contributed by atoms with Crippen molar-refractivity contribution in [3.05, 3.63) is 29.8 Å². The lowest BCUT2D eigenvalue weighted by atomic mass is 9.96. The largest absolute Gasteiger partial charge is 0.508 e. The molecule has 12 heteroatoms. The first-order valence-electron chi connectivity index (χ1n) is 11.2. The van der Waals surface area contributed by atoms with Gasteiger partial charge in [0.2, 0.25) is 17.7 Å². The number of aromatic hydroxyl groups is 1. The predicted molar refractivity (Wildman–Crippen MR) is 125 cm³/mol. The van der Waals surface area contributed by atoms with E-state index >= 15 is 0 Å². The fourth-order valence-corrected chi connectivity index (χ4v) is 3.12. The summed E-state index contributed by atoms with van der Waals surface area (Å²) >= 11 is 0. The third-order valence-corrected chi connectivity index (χ3v) is 5.48. The lowest BCUT2D eigenvalue weighted by molar-refractivity contribution is -0.143. The average molecular weight is 495 g/mol. The number of hydrogen-bond donors (Lipinski definition) is 7. The molecular weight excluding hydrogens is 460 g/mol. The molecule has 35 heavy (non-hydrogen) atoms. The molecule has 3 amide bonds. The molecule has 1 rings (SSSR count). The van der Waals surface area contributed by atoms with Gasteiger partial charge < -0.3 is 37.0 Å². The molecule has 0 spiro atoms. The molecule has 0 heterocycles. The average Bonchev–Trinajstić information content (AvgIpc) is 2.79. The summed E-state index contributed by atoms with van der Waals surface area (Å²) in [7, 11) is 0. The van der Waals surface area contributed by atoms with E-state index in [1.807, 2.05) is 6.92 Å². The molecule has 1 aromatic carbocycles. The lowest BCUT2D eigenvalue weighted by Gasteiger charge is -2.27. The van der Waals surface area contributed by atoms with Gasteiger partial charge in [-0.25, -0.2) is 4.79 Å². The maximum absolute atomic E-state index is 13.1. The number of hydrogen-bond acceptors (Lipinski definition) is 7. The van der Waals surface area contributed by atoms with Crippen molar-refractivity contribution < 1.29 is 39.3 Å². The van der Waals surface area contributed by atoms with E-state index in [-0.39, 0.29) is 24.5 Å². The molecule has 0 radical (unpaired) electrons. The van der Waals surface area contributed by atoms with Crippen LogP contribution in [0, 0.1) is 5.92 Å². The minimum absolute atomic E-state index is 0.00569. The Morgan fingerprint density at radius 3 is 1.94 bits per heavy atom. The molecule has 1 aromatic rings. The van der Waals surface area contributed by atoms with Gasteiger partial charge in [-0.05, 0) is 37.0 Å². The Labute approximate surface area is 203 Å². The van der Waals surface area contributed by atoms with Crippen LogP contribution in [0.25, 0.3) is 0 Å². The van der Waals surface area contributed by atoms with Gasteiger partial charge in [0.1, 0.15) is 23.9 Å². The van der Waals surface area contributed by atoms with Crippen LogP contribution >= 0.6 is 0 Å². The summed E-state index contributed by atoms with van der Waals surface area (Å²) in [5.74, 6) is -5.01. The third-order valence-electron chi connectivity index (χ3n) is 5.48. The number of phenols is 1. The van der Waals surface area contributed by atoms with Crippen LogP contribution in [0.3, 0.4) is 0 Å². The molecule has 0 aliphatic heterocycles. The van der Waals surface area contributed by atoms with Crippen molar-refractivity contribution in [3.63, 3.8) is 0 Å². The minimum atomic E-state index is -1.49. The zero-order valence-corrected chi connectivity index (χ0v) is 20.0. The van der Waals surface area contributed by atoms with Crippen LogP contribution in [-0.4, -0.2) is 69.1 Å². The summed E-state index contributed by atoms with van der Waals surface area (Å²) in [4.78, 5) is 60.6. The monoisotopic (exact) mass is 494 g/mol. The second-order valence-corrected chi connectivity index (χ2v) is 8.42. The second-order valence-electron chi connectivity index (χ2n) is 8.42. The van der Waals surface area contributed by atoms with Gasteiger partial charge in [-0.1, -0.05) is 32.4 Å². The number of benzene rings is 1. The smallest absolute Gasteiger partial charge is 0.326 e. The molecule has 5 unspecified atom stereocenters. The Bertz CT molecular complexity index is 903. The highest BCUT2D eigenvalue weighted by Crippen LogP contribution is 2.13. The summed E-state index contributed by atoms with van der Waals surface area (Å²) in [6.45, 7) is 5.03. The third kappa shape index (κ3) is 10.0. The van der Waals surface area contributed by atoms with Gasteiger partial charge in [0.05, 0.1) is 6.04 Å². The summed E-state index contributed by atoms with van der Waals surface area (Å²) in [5, 5.41) is 35.2. The molecule has 12 nitrogen and oxygen atoms in total. The van der Waals surface area contributed by atoms with Crippen molar-refractivity contribution in [3.8, 4) is 5.75 Å². The van der Waals surface area contributed by atoms with Crippen LogP contribution in [0.15, 0.2) is 24.3 Å². The molecule has 0 aliphatic rings. The Balaban J connectivity index is 3.17. The number of amides is 3. The predicted octanol–water partition coefficient (Wildman–Crippen LogP) is -0.268. The highest BCUT2D eigenvalue weighted by Gasteiger charge is 2.32. The molecule has 0 aromatic heterocycles.